The molecule has 0 aliphatic rings. The number of methoxy groups -OCH3 is 1. The summed E-state index contributed by atoms with van der Waals surface area (Å²) in [6, 6.07) is 8.46. The Morgan fingerprint density at radius 3 is 2.44 bits per heavy atom. The molecular formula is C13H20ClNO. The monoisotopic (exact) mass is 241 g/mol. The fourth-order valence-corrected chi connectivity index (χ4v) is 1.83. The van der Waals surface area contributed by atoms with Crippen molar-refractivity contribution in [2.75, 3.05) is 14.2 Å². The predicted molar refractivity (Wildman–Crippen MR) is 69.1 cm³/mol. The number of hydrogen-bond donors (Lipinski definition) is 1. The minimum absolute atomic E-state index is 0.282. The molecule has 0 radical (unpaired) electrons. The predicted octanol–water partition coefficient (Wildman–Crippen LogP) is 2.90. The number of nitrogens with one attached hydrogen (secondary N) is 1. The Kier molecular flexibility index (Phi) is 5.81. The van der Waals surface area contributed by atoms with Gasteiger partial charge in [0.15, 0.2) is 0 Å². The third kappa shape index (κ3) is 4.52. The average molecular weight is 242 g/mol. The van der Waals surface area contributed by atoms with Gasteiger partial charge in [0.2, 0.25) is 0 Å². The number of hydrogen-bond acceptors (Lipinski definition) is 2. The Hall–Kier alpha value is -0.570. The number of rotatable bonds is 6. The van der Waals surface area contributed by atoms with Crippen LogP contribution < -0.4 is 5.32 Å². The van der Waals surface area contributed by atoms with Crippen LogP contribution in [0.3, 0.4) is 0 Å². The molecule has 0 aliphatic heterocycles. The first kappa shape index (κ1) is 13.5. The molecule has 0 aromatic heterocycles. The van der Waals surface area contributed by atoms with Gasteiger partial charge in [0.1, 0.15) is 0 Å². The molecule has 0 heterocycles. The fraction of sp³-hybridized carbons (Fsp3) is 0.538. The molecule has 1 aromatic carbocycles. The second-order valence-corrected chi connectivity index (χ2v) is 4.53. The van der Waals surface area contributed by atoms with Crippen molar-refractivity contribution in [3.8, 4) is 0 Å². The van der Waals surface area contributed by atoms with Crippen LogP contribution in [0.5, 0.6) is 0 Å². The van der Waals surface area contributed by atoms with Crippen molar-refractivity contribution in [3.05, 3.63) is 34.9 Å². The van der Waals surface area contributed by atoms with E-state index in [0.29, 0.717) is 6.04 Å². The minimum Gasteiger partial charge on any atom is -0.382 e. The van der Waals surface area contributed by atoms with Gasteiger partial charge in [-0.05, 0) is 44.5 Å². The van der Waals surface area contributed by atoms with Crippen LogP contribution in [0.25, 0.3) is 0 Å². The Morgan fingerprint density at radius 1 is 1.31 bits per heavy atom. The Balaban J connectivity index is 2.52. The van der Waals surface area contributed by atoms with E-state index in [9.17, 15) is 0 Å². The molecule has 2 nitrogen and oxygen atoms in total. The number of likely N-dealkylation sites (N-methyl/N-ethyl adjacent to an activating group) is 1. The first-order chi connectivity index (χ1) is 7.65. The van der Waals surface area contributed by atoms with E-state index in [0.717, 1.165) is 17.9 Å². The molecule has 2 atom stereocenters. The zero-order chi connectivity index (χ0) is 12.0. The molecule has 1 rings (SSSR count). The number of ether oxygens (including phenoxy) is 1. The van der Waals surface area contributed by atoms with Gasteiger partial charge in [0.05, 0.1) is 6.10 Å². The lowest BCUT2D eigenvalue weighted by Gasteiger charge is -2.19. The molecule has 1 aromatic rings. The van der Waals surface area contributed by atoms with Gasteiger partial charge in [0, 0.05) is 18.2 Å². The zero-order valence-electron chi connectivity index (χ0n) is 10.2. The van der Waals surface area contributed by atoms with E-state index in [4.69, 9.17) is 16.3 Å². The number of halogens is 1. The van der Waals surface area contributed by atoms with Crippen LogP contribution in [0.1, 0.15) is 18.9 Å². The average Bonchev–Trinajstić information content (AvgIpc) is 2.30. The lowest BCUT2D eigenvalue weighted by Crippen LogP contribution is -2.31. The molecule has 0 amide bonds. The molecule has 1 N–H and O–H groups in total. The molecule has 2 unspecified atom stereocenters. The van der Waals surface area contributed by atoms with Gasteiger partial charge >= 0.3 is 0 Å². The first-order valence-electron chi connectivity index (χ1n) is 5.60. The van der Waals surface area contributed by atoms with Gasteiger partial charge in [-0.3, -0.25) is 0 Å². The van der Waals surface area contributed by atoms with E-state index in [-0.39, 0.29) is 6.10 Å². The molecule has 0 fully saturated rings. The van der Waals surface area contributed by atoms with Crippen molar-refractivity contribution >= 4 is 11.6 Å². The van der Waals surface area contributed by atoms with E-state index in [1.807, 2.05) is 19.2 Å². The molecule has 90 valence electrons. The van der Waals surface area contributed by atoms with Crippen LogP contribution in [0.4, 0.5) is 0 Å². The molecule has 16 heavy (non-hydrogen) atoms. The summed E-state index contributed by atoms with van der Waals surface area (Å²) in [5.41, 5.74) is 1.30. The molecular weight excluding hydrogens is 222 g/mol. The normalized spacial score (nSPS) is 14.8. The molecule has 0 spiro atoms. The van der Waals surface area contributed by atoms with Crippen molar-refractivity contribution in [2.45, 2.75) is 31.9 Å². The lowest BCUT2D eigenvalue weighted by atomic mass is 10.0. The summed E-state index contributed by atoms with van der Waals surface area (Å²) >= 11 is 5.85. The first-order valence-corrected chi connectivity index (χ1v) is 5.98. The smallest absolute Gasteiger partial charge is 0.0558 e. The SMILES string of the molecule is CNC(Cc1ccc(Cl)cc1)CC(C)OC. The summed E-state index contributed by atoms with van der Waals surface area (Å²) in [4.78, 5) is 0. The summed E-state index contributed by atoms with van der Waals surface area (Å²) in [7, 11) is 3.74. The summed E-state index contributed by atoms with van der Waals surface area (Å²) in [5.74, 6) is 0. The topological polar surface area (TPSA) is 21.3 Å². The molecule has 0 bridgehead atoms. The summed E-state index contributed by atoms with van der Waals surface area (Å²) in [6.45, 7) is 2.09. The van der Waals surface area contributed by atoms with Crippen LogP contribution >= 0.6 is 11.6 Å². The second-order valence-electron chi connectivity index (χ2n) is 4.10. The highest BCUT2D eigenvalue weighted by molar-refractivity contribution is 6.30. The molecule has 0 saturated carbocycles. The molecule has 0 saturated heterocycles. The standard InChI is InChI=1S/C13H20ClNO/c1-10(16-3)8-13(15-2)9-11-4-6-12(14)7-5-11/h4-7,10,13,15H,8-9H2,1-3H3. The van der Waals surface area contributed by atoms with Gasteiger partial charge in [-0.15, -0.1) is 0 Å². The van der Waals surface area contributed by atoms with Crippen LogP contribution in [-0.2, 0) is 11.2 Å². The van der Waals surface area contributed by atoms with Gasteiger partial charge in [0.25, 0.3) is 0 Å². The van der Waals surface area contributed by atoms with E-state index in [1.165, 1.54) is 5.56 Å². The van der Waals surface area contributed by atoms with Gasteiger partial charge in [-0.1, -0.05) is 23.7 Å². The highest BCUT2D eigenvalue weighted by atomic mass is 35.5. The summed E-state index contributed by atoms with van der Waals surface area (Å²) < 4.78 is 5.28. The maximum absolute atomic E-state index is 5.85. The van der Waals surface area contributed by atoms with Crippen LogP contribution in [0.15, 0.2) is 24.3 Å². The van der Waals surface area contributed by atoms with E-state index in [1.54, 1.807) is 7.11 Å². The van der Waals surface area contributed by atoms with Crippen molar-refractivity contribution in [1.29, 1.82) is 0 Å². The second kappa shape index (κ2) is 6.89. The highest BCUT2D eigenvalue weighted by Crippen LogP contribution is 2.13. The van der Waals surface area contributed by atoms with Crippen molar-refractivity contribution in [2.24, 2.45) is 0 Å². The van der Waals surface area contributed by atoms with Crippen LogP contribution in [0.2, 0.25) is 5.02 Å². The van der Waals surface area contributed by atoms with Gasteiger partial charge in [-0.2, -0.15) is 0 Å². The van der Waals surface area contributed by atoms with E-state index in [2.05, 4.69) is 24.4 Å². The largest absolute Gasteiger partial charge is 0.382 e. The fourth-order valence-electron chi connectivity index (χ4n) is 1.71. The molecule has 0 aliphatic carbocycles. The summed E-state index contributed by atoms with van der Waals surface area (Å²) in [6.07, 6.45) is 2.29. The van der Waals surface area contributed by atoms with Crippen LogP contribution in [0, 0.1) is 0 Å². The number of benzene rings is 1. The highest BCUT2D eigenvalue weighted by Gasteiger charge is 2.11. The lowest BCUT2D eigenvalue weighted by molar-refractivity contribution is 0.101. The van der Waals surface area contributed by atoms with Gasteiger partial charge in [-0.25, -0.2) is 0 Å². The maximum Gasteiger partial charge on any atom is 0.0558 e. The third-order valence-corrected chi connectivity index (χ3v) is 3.07. The van der Waals surface area contributed by atoms with E-state index < -0.39 is 0 Å². The maximum atomic E-state index is 5.85. The molecule has 3 heteroatoms. The van der Waals surface area contributed by atoms with Crippen LogP contribution in [-0.4, -0.2) is 26.3 Å². The Labute approximate surface area is 103 Å². The van der Waals surface area contributed by atoms with Crippen molar-refractivity contribution in [1.82, 2.24) is 5.32 Å². The van der Waals surface area contributed by atoms with E-state index >= 15 is 0 Å². The zero-order valence-corrected chi connectivity index (χ0v) is 10.9. The van der Waals surface area contributed by atoms with Crippen molar-refractivity contribution in [3.63, 3.8) is 0 Å². The minimum atomic E-state index is 0.282. The Bertz CT molecular complexity index is 299. The quantitative estimate of drug-likeness (QED) is 0.827. The third-order valence-electron chi connectivity index (χ3n) is 2.82. The van der Waals surface area contributed by atoms with Gasteiger partial charge < -0.3 is 10.1 Å². The summed E-state index contributed by atoms with van der Waals surface area (Å²) in [5, 5.41) is 4.10. The van der Waals surface area contributed by atoms with Crippen molar-refractivity contribution < 1.29 is 4.74 Å². The Morgan fingerprint density at radius 2 is 1.94 bits per heavy atom.